The predicted octanol–water partition coefficient (Wildman–Crippen LogP) is 2.74. The summed E-state index contributed by atoms with van der Waals surface area (Å²) >= 11 is 1.36. The Morgan fingerprint density at radius 2 is 1.52 bits per heavy atom. The first kappa shape index (κ1) is 20.5. The molecular formula is C20H21NO5S. The van der Waals surface area contributed by atoms with Gasteiger partial charge in [0, 0.05) is 4.90 Å². The van der Waals surface area contributed by atoms with Crippen molar-refractivity contribution in [1.82, 2.24) is 5.32 Å². The van der Waals surface area contributed by atoms with E-state index in [2.05, 4.69) is 10.1 Å². The summed E-state index contributed by atoms with van der Waals surface area (Å²) in [6.07, 6.45) is -0.299. The van der Waals surface area contributed by atoms with E-state index in [1.165, 1.54) is 26.0 Å². The van der Waals surface area contributed by atoms with Crippen LogP contribution in [0.1, 0.15) is 17.2 Å². The SMILES string of the molecule is COC(=O)CC(NC(=O)C(Sc1ccccc1)c1ccccc1)C(=O)OC. The van der Waals surface area contributed by atoms with E-state index in [4.69, 9.17) is 4.74 Å². The molecule has 0 heterocycles. The summed E-state index contributed by atoms with van der Waals surface area (Å²) in [5.74, 6) is -1.71. The van der Waals surface area contributed by atoms with Crippen molar-refractivity contribution < 1.29 is 23.9 Å². The number of carbonyl (C=O) groups is 3. The highest BCUT2D eigenvalue weighted by Crippen LogP contribution is 2.35. The Bertz CT molecular complexity index is 766. The fraction of sp³-hybridized carbons (Fsp3) is 0.250. The molecule has 2 rings (SSSR count). The average Bonchev–Trinajstić information content (AvgIpc) is 2.72. The highest BCUT2D eigenvalue weighted by molar-refractivity contribution is 8.00. The Kier molecular flexibility index (Phi) is 7.88. The van der Waals surface area contributed by atoms with Crippen molar-refractivity contribution in [3.05, 3.63) is 66.2 Å². The number of carbonyl (C=O) groups excluding carboxylic acids is 3. The van der Waals surface area contributed by atoms with Gasteiger partial charge in [0.05, 0.1) is 20.6 Å². The van der Waals surface area contributed by atoms with Gasteiger partial charge in [-0.15, -0.1) is 11.8 Å². The second-order valence-electron chi connectivity index (χ2n) is 5.59. The van der Waals surface area contributed by atoms with E-state index in [1.54, 1.807) is 0 Å². The van der Waals surface area contributed by atoms with E-state index >= 15 is 0 Å². The molecule has 2 unspecified atom stereocenters. The second kappa shape index (κ2) is 10.4. The van der Waals surface area contributed by atoms with Crippen molar-refractivity contribution >= 4 is 29.6 Å². The number of hydrogen-bond acceptors (Lipinski definition) is 6. The molecule has 7 heteroatoms. The second-order valence-corrected chi connectivity index (χ2v) is 6.76. The van der Waals surface area contributed by atoms with Crippen LogP contribution in [0.25, 0.3) is 0 Å². The molecule has 2 aromatic carbocycles. The third-order valence-corrected chi connectivity index (χ3v) is 5.00. The van der Waals surface area contributed by atoms with E-state index < -0.39 is 29.1 Å². The van der Waals surface area contributed by atoms with Gasteiger partial charge >= 0.3 is 11.9 Å². The molecule has 27 heavy (non-hydrogen) atoms. The van der Waals surface area contributed by atoms with Crippen LogP contribution >= 0.6 is 11.8 Å². The Morgan fingerprint density at radius 1 is 0.926 bits per heavy atom. The number of rotatable bonds is 8. The zero-order valence-electron chi connectivity index (χ0n) is 15.1. The zero-order chi connectivity index (χ0) is 19.6. The van der Waals surface area contributed by atoms with Crippen LogP contribution in [0.4, 0.5) is 0 Å². The third-order valence-electron chi connectivity index (χ3n) is 3.74. The average molecular weight is 387 g/mol. The first-order chi connectivity index (χ1) is 13.0. The fourth-order valence-electron chi connectivity index (χ4n) is 2.37. The lowest BCUT2D eigenvalue weighted by Gasteiger charge is -2.21. The maximum Gasteiger partial charge on any atom is 0.328 e. The first-order valence-corrected chi connectivity index (χ1v) is 9.14. The molecule has 0 saturated carbocycles. The topological polar surface area (TPSA) is 81.7 Å². The molecule has 0 fully saturated rings. The third kappa shape index (κ3) is 6.14. The van der Waals surface area contributed by atoms with Gasteiger partial charge in [-0.05, 0) is 17.7 Å². The number of methoxy groups -OCH3 is 2. The quantitative estimate of drug-likeness (QED) is 0.554. The summed E-state index contributed by atoms with van der Waals surface area (Å²) in [5, 5.41) is 2.02. The van der Waals surface area contributed by atoms with Gasteiger partial charge in [-0.25, -0.2) is 4.79 Å². The highest BCUT2D eigenvalue weighted by Gasteiger charge is 2.29. The van der Waals surface area contributed by atoms with E-state index in [0.29, 0.717) is 0 Å². The molecule has 0 saturated heterocycles. The maximum atomic E-state index is 13.0. The normalized spacial score (nSPS) is 12.5. The van der Waals surface area contributed by atoms with Gasteiger partial charge in [0.2, 0.25) is 5.91 Å². The molecule has 0 aromatic heterocycles. The monoisotopic (exact) mass is 387 g/mol. The summed E-state index contributed by atoms with van der Waals surface area (Å²) in [5.41, 5.74) is 0.783. The molecule has 1 amide bonds. The number of thioether (sulfide) groups is 1. The predicted molar refractivity (Wildman–Crippen MR) is 102 cm³/mol. The number of esters is 2. The standard InChI is InChI=1S/C20H21NO5S/c1-25-17(22)13-16(20(24)26-2)21-19(23)18(14-9-5-3-6-10-14)27-15-11-7-4-8-12-15/h3-12,16,18H,13H2,1-2H3,(H,21,23). The van der Waals surface area contributed by atoms with E-state index in [-0.39, 0.29) is 6.42 Å². The van der Waals surface area contributed by atoms with Gasteiger partial charge < -0.3 is 14.8 Å². The molecule has 2 atom stereocenters. The van der Waals surface area contributed by atoms with Crippen molar-refractivity contribution in [3.8, 4) is 0 Å². The molecule has 0 aliphatic heterocycles. The van der Waals surface area contributed by atoms with Crippen molar-refractivity contribution in [3.63, 3.8) is 0 Å². The van der Waals surface area contributed by atoms with Crippen LogP contribution in [0.5, 0.6) is 0 Å². The van der Waals surface area contributed by atoms with Crippen LogP contribution < -0.4 is 5.32 Å². The zero-order valence-corrected chi connectivity index (χ0v) is 15.9. The van der Waals surface area contributed by atoms with Crippen LogP contribution in [0.15, 0.2) is 65.6 Å². The maximum absolute atomic E-state index is 13.0. The summed E-state index contributed by atoms with van der Waals surface area (Å²) < 4.78 is 9.29. The molecule has 0 aliphatic rings. The van der Waals surface area contributed by atoms with Gasteiger partial charge in [-0.3, -0.25) is 9.59 Å². The van der Waals surface area contributed by atoms with E-state index in [1.807, 2.05) is 60.7 Å². The number of benzene rings is 2. The van der Waals surface area contributed by atoms with Gasteiger partial charge in [0.25, 0.3) is 0 Å². The van der Waals surface area contributed by atoms with Gasteiger partial charge in [-0.2, -0.15) is 0 Å². The van der Waals surface area contributed by atoms with Crippen molar-refractivity contribution in [2.24, 2.45) is 0 Å². The number of hydrogen-bond donors (Lipinski definition) is 1. The number of nitrogens with one attached hydrogen (secondary N) is 1. The molecule has 6 nitrogen and oxygen atoms in total. The van der Waals surface area contributed by atoms with E-state index in [0.717, 1.165) is 10.5 Å². The summed E-state index contributed by atoms with van der Waals surface area (Å²) in [4.78, 5) is 37.4. The van der Waals surface area contributed by atoms with Gasteiger partial charge in [-0.1, -0.05) is 48.5 Å². The molecule has 0 spiro atoms. The van der Waals surface area contributed by atoms with Crippen LogP contribution in [0, 0.1) is 0 Å². The molecule has 2 aromatic rings. The summed E-state index contributed by atoms with van der Waals surface area (Å²) in [6.45, 7) is 0. The lowest BCUT2D eigenvalue weighted by Crippen LogP contribution is -2.44. The molecular weight excluding hydrogens is 366 g/mol. The van der Waals surface area contributed by atoms with Crippen LogP contribution in [-0.2, 0) is 23.9 Å². The van der Waals surface area contributed by atoms with E-state index in [9.17, 15) is 14.4 Å². The Labute approximate surface area is 162 Å². The summed E-state index contributed by atoms with van der Waals surface area (Å²) in [6, 6.07) is 17.6. The molecule has 1 N–H and O–H groups in total. The highest BCUT2D eigenvalue weighted by atomic mass is 32.2. The number of amides is 1. The van der Waals surface area contributed by atoms with Crippen LogP contribution in [-0.4, -0.2) is 38.1 Å². The lowest BCUT2D eigenvalue weighted by molar-refractivity contribution is -0.150. The molecule has 0 radical (unpaired) electrons. The Morgan fingerprint density at radius 3 is 2.07 bits per heavy atom. The lowest BCUT2D eigenvalue weighted by atomic mass is 10.1. The molecule has 0 aliphatic carbocycles. The first-order valence-electron chi connectivity index (χ1n) is 8.26. The van der Waals surface area contributed by atoms with Gasteiger partial charge in [0.15, 0.2) is 0 Å². The van der Waals surface area contributed by atoms with Crippen molar-refractivity contribution in [2.45, 2.75) is 22.6 Å². The minimum absolute atomic E-state index is 0.299. The smallest absolute Gasteiger partial charge is 0.328 e. The number of ether oxygens (including phenoxy) is 2. The minimum atomic E-state index is -1.11. The molecule has 142 valence electrons. The molecule has 0 bridgehead atoms. The fourth-order valence-corrected chi connectivity index (χ4v) is 3.42. The largest absolute Gasteiger partial charge is 0.469 e. The minimum Gasteiger partial charge on any atom is -0.469 e. The van der Waals surface area contributed by atoms with Crippen molar-refractivity contribution in [2.75, 3.05) is 14.2 Å². The van der Waals surface area contributed by atoms with Gasteiger partial charge in [0.1, 0.15) is 11.3 Å². The summed E-state index contributed by atoms with van der Waals surface area (Å²) in [7, 11) is 2.42. The van der Waals surface area contributed by atoms with Crippen molar-refractivity contribution in [1.29, 1.82) is 0 Å². The Balaban J connectivity index is 2.23. The van der Waals surface area contributed by atoms with Crippen LogP contribution in [0.3, 0.4) is 0 Å². The van der Waals surface area contributed by atoms with Crippen LogP contribution in [0.2, 0.25) is 0 Å². The Hall–Kier alpha value is -2.80.